The lowest BCUT2D eigenvalue weighted by molar-refractivity contribution is -0.123. The van der Waals surface area contributed by atoms with Gasteiger partial charge in [0.05, 0.1) is 25.3 Å². The number of nitrogens with two attached hydrogens (primary N) is 1. The van der Waals surface area contributed by atoms with Crippen molar-refractivity contribution in [2.45, 2.75) is 6.42 Å². The fraction of sp³-hybridized carbons (Fsp3) is 0.333. The van der Waals surface area contributed by atoms with Gasteiger partial charge in [-0.2, -0.15) is 5.26 Å². The zero-order chi connectivity index (χ0) is 13.4. The van der Waals surface area contributed by atoms with Crippen molar-refractivity contribution in [1.29, 1.82) is 5.26 Å². The number of nitrogens with zero attached hydrogens (tertiary/aromatic N) is 1. The molecule has 6 nitrogen and oxygen atoms in total. The summed E-state index contributed by atoms with van der Waals surface area (Å²) in [4.78, 5) is 11.3. The number of nitrogen functional groups attached to an aromatic ring is 1. The molecule has 0 spiro atoms. The number of ether oxygens (including phenoxy) is 2. The smallest absolute Gasteiger partial charge is 0.257 e. The highest BCUT2D eigenvalue weighted by Crippen LogP contribution is 2.25. The lowest BCUT2D eigenvalue weighted by Gasteiger charge is -2.09. The molecule has 1 aromatic carbocycles. The van der Waals surface area contributed by atoms with E-state index in [9.17, 15) is 4.79 Å². The van der Waals surface area contributed by atoms with Crippen molar-refractivity contribution in [1.82, 2.24) is 5.32 Å². The molecule has 0 aromatic heterocycles. The van der Waals surface area contributed by atoms with Gasteiger partial charge in [0.1, 0.15) is 11.5 Å². The Kier molecular flexibility index (Phi) is 5.32. The Morgan fingerprint density at radius 1 is 1.56 bits per heavy atom. The highest BCUT2D eigenvalue weighted by atomic mass is 16.5. The number of carbonyl (C=O) groups excluding carboxylic acids is 1. The van der Waals surface area contributed by atoms with Crippen molar-refractivity contribution in [2.24, 2.45) is 0 Å². The number of amides is 1. The van der Waals surface area contributed by atoms with E-state index >= 15 is 0 Å². The van der Waals surface area contributed by atoms with Crippen LogP contribution in [-0.2, 0) is 4.79 Å². The van der Waals surface area contributed by atoms with Crippen molar-refractivity contribution in [3.8, 4) is 17.6 Å². The monoisotopic (exact) mass is 249 g/mol. The second-order valence-electron chi connectivity index (χ2n) is 3.45. The number of hydrogen-bond donors (Lipinski definition) is 2. The Balaban J connectivity index is 2.42. The van der Waals surface area contributed by atoms with Gasteiger partial charge in [0.2, 0.25) is 0 Å². The van der Waals surface area contributed by atoms with E-state index in [1.54, 1.807) is 18.2 Å². The Hall–Kier alpha value is -2.42. The number of nitriles is 1. The average molecular weight is 249 g/mol. The van der Waals surface area contributed by atoms with Crippen LogP contribution in [0.1, 0.15) is 6.42 Å². The van der Waals surface area contributed by atoms with Crippen LogP contribution in [0.2, 0.25) is 0 Å². The van der Waals surface area contributed by atoms with Gasteiger partial charge in [-0.3, -0.25) is 4.79 Å². The standard InChI is InChI=1S/C12H15N3O3/c1-17-11-4-3-9(7-10(11)14)18-8-12(16)15-6-2-5-13/h3-4,7H,2,6,8,14H2,1H3,(H,15,16). The number of methoxy groups -OCH3 is 1. The number of hydrogen-bond acceptors (Lipinski definition) is 5. The first-order valence-electron chi connectivity index (χ1n) is 5.37. The van der Waals surface area contributed by atoms with Gasteiger partial charge in [0.25, 0.3) is 5.91 Å². The molecular formula is C12H15N3O3. The second-order valence-corrected chi connectivity index (χ2v) is 3.45. The maximum atomic E-state index is 11.3. The zero-order valence-corrected chi connectivity index (χ0v) is 10.1. The van der Waals surface area contributed by atoms with E-state index in [0.29, 0.717) is 23.7 Å². The van der Waals surface area contributed by atoms with E-state index in [1.165, 1.54) is 7.11 Å². The molecule has 1 amide bonds. The molecule has 0 saturated heterocycles. The molecule has 0 bridgehead atoms. The third-order valence-electron chi connectivity index (χ3n) is 2.13. The first kappa shape index (κ1) is 13.6. The van der Waals surface area contributed by atoms with Gasteiger partial charge in [-0.05, 0) is 12.1 Å². The molecule has 0 atom stereocenters. The normalized spacial score (nSPS) is 9.33. The third-order valence-corrected chi connectivity index (χ3v) is 2.13. The largest absolute Gasteiger partial charge is 0.495 e. The summed E-state index contributed by atoms with van der Waals surface area (Å²) in [5.74, 6) is 0.768. The van der Waals surface area contributed by atoms with Crippen LogP contribution in [-0.4, -0.2) is 26.2 Å². The highest BCUT2D eigenvalue weighted by Gasteiger charge is 2.04. The summed E-state index contributed by atoms with van der Waals surface area (Å²) in [5.41, 5.74) is 6.14. The fourth-order valence-corrected chi connectivity index (χ4v) is 1.26. The van der Waals surface area contributed by atoms with E-state index in [2.05, 4.69) is 5.32 Å². The molecule has 0 fully saturated rings. The maximum Gasteiger partial charge on any atom is 0.257 e. The van der Waals surface area contributed by atoms with Crippen LogP contribution in [0.15, 0.2) is 18.2 Å². The highest BCUT2D eigenvalue weighted by molar-refractivity contribution is 5.77. The van der Waals surface area contributed by atoms with Gasteiger partial charge in [0, 0.05) is 12.6 Å². The van der Waals surface area contributed by atoms with Crippen molar-refractivity contribution >= 4 is 11.6 Å². The number of nitrogens with one attached hydrogen (secondary N) is 1. The van der Waals surface area contributed by atoms with Crippen LogP contribution < -0.4 is 20.5 Å². The van der Waals surface area contributed by atoms with Crippen molar-refractivity contribution in [3.05, 3.63) is 18.2 Å². The van der Waals surface area contributed by atoms with Crippen molar-refractivity contribution in [2.75, 3.05) is 26.0 Å². The predicted molar refractivity (Wildman–Crippen MR) is 66.1 cm³/mol. The lowest BCUT2D eigenvalue weighted by atomic mass is 10.3. The van der Waals surface area contributed by atoms with Crippen LogP contribution in [0, 0.1) is 11.3 Å². The SMILES string of the molecule is COc1ccc(OCC(=O)NCCC#N)cc1N. The van der Waals surface area contributed by atoms with E-state index in [-0.39, 0.29) is 18.9 Å². The van der Waals surface area contributed by atoms with Crippen molar-refractivity contribution in [3.63, 3.8) is 0 Å². The Bertz CT molecular complexity index is 454. The lowest BCUT2D eigenvalue weighted by Crippen LogP contribution is -2.29. The molecule has 3 N–H and O–H groups in total. The summed E-state index contributed by atoms with van der Waals surface area (Å²) in [5, 5.41) is 10.9. The molecule has 0 aliphatic rings. The minimum atomic E-state index is -0.278. The molecule has 96 valence electrons. The molecule has 0 radical (unpaired) electrons. The van der Waals surface area contributed by atoms with E-state index in [1.807, 2.05) is 6.07 Å². The van der Waals surface area contributed by atoms with Gasteiger partial charge in [-0.1, -0.05) is 0 Å². The average Bonchev–Trinajstić information content (AvgIpc) is 2.37. The summed E-state index contributed by atoms with van der Waals surface area (Å²) in [6.07, 6.45) is 0.279. The Morgan fingerprint density at radius 3 is 2.94 bits per heavy atom. The van der Waals surface area contributed by atoms with E-state index in [4.69, 9.17) is 20.5 Å². The first-order valence-corrected chi connectivity index (χ1v) is 5.37. The predicted octanol–water partition coefficient (Wildman–Crippen LogP) is 0.686. The summed E-state index contributed by atoms with van der Waals surface area (Å²) < 4.78 is 10.2. The van der Waals surface area contributed by atoms with E-state index < -0.39 is 0 Å². The summed E-state index contributed by atoms with van der Waals surface area (Å²) >= 11 is 0. The molecule has 0 aliphatic heterocycles. The Labute approximate surface area is 105 Å². The fourth-order valence-electron chi connectivity index (χ4n) is 1.26. The molecule has 0 heterocycles. The van der Waals surface area contributed by atoms with Gasteiger partial charge < -0.3 is 20.5 Å². The molecule has 18 heavy (non-hydrogen) atoms. The van der Waals surface area contributed by atoms with Crippen molar-refractivity contribution < 1.29 is 14.3 Å². The first-order chi connectivity index (χ1) is 8.67. The number of rotatable bonds is 6. The summed E-state index contributed by atoms with van der Waals surface area (Å²) in [7, 11) is 1.52. The molecule has 0 unspecified atom stereocenters. The van der Waals surface area contributed by atoms with Gasteiger partial charge in [-0.15, -0.1) is 0 Å². The summed E-state index contributed by atoms with van der Waals surface area (Å²) in [6.45, 7) is 0.209. The number of benzene rings is 1. The number of anilines is 1. The van der Waals surface area contributed by atoms with Gasteiger partial charge >= 0.3 is 0 Å². The molecule has 6 heteroatoms. The minimum Gasteiger partial charge on any atom is -0.495 e. The molecule has 0 saturated carbocycles. The van der Waals surface area contributed by atoms with Crippen LogP contribution in [0.25, 0.3) is 0 Å². The third kappa shape index (κ3) is 4.22. The van der Waals surface area contributed by atoms with Gasteiger partial charge in [0.15, 0.2) is 6.61 Å². The number of carbonyl (C=O) groups is 1. The maximum absolute atomic E-state index is 11.3. The van der Waals surface area contributed by atoms with E-state index in [0.717, 1.165) is 0 Å². The molecule has 1 aromatic rings. The Morgan fingerprint density at radius 2 is 2.33 bits per heavy atom. The summed E-state index contributed by atoms with van der Waals surface area (Å²) in [6, 6.07) is 6.85. The zero-order valence-electron chi connectivity index (χ0n) is 10.1. The second kappa shape index (κ2) is 7.01. The molecular weight excluding hydrogens is 234 g/mol. The topological polar surface area (TPSA) is 97.4 Å². The minimum absolute atomic E-state index is 0.114. The van der Waals surface area contributed by atoms with Crippen LogP contribution in [0.4, 0.5) is 5.69 Å². The molecule has 0 aliphatic carbocycles. The van der Waals surface area contributed by atoms with Crippen LogP contribution in [0.3, 0.4) is 0 Å². The van der Waals surface area contributed by atoms with Crippen LogP contribution in [0.5, 0.6) is 11.5 Å². The quantitative estimate of drug-likeness (QED) is 0.571. The van der Waals surface area contributed by atoms with Crippen LogP contribution >= 0.6 is 0 Å². The van der Waals surface area contributed by atoms with Gasteiger partial charge in [-0.25, -0.2) is 0 Å². The molecule has 1 rings (SSSR count).